The molecule has 2 amide bonds. The number of hydrogen-bond acceptors (Lipinski definition) is 3. The van der Waals surface area contributed by atoms with E-state index in [1.165, 1.54) is 13.0 Å². The van der Waals surface area contributed by atoms with Crippen LogP contribution in [0, 0.1) is 11.6 Å². The first kappa shape index (κ1) is 17.4. The van der Waals surface area contributed by atoms with Gasteiger partial charge in [0.05, 0.1) is 5.69 Å². The quantitative estimate of drug-likeness (QED) is 0.759. The average Bonchev–Trinajstić information content (AvgIpc) is 2.51. The minimum absolute atomic E-state index is 0.0546. The Morgan fingerprint density at radius 1 is 0.958 bits per heavy atom. The Hall–Kier alpha value is -2.96. The molecule has 0 aromatic heterocycles. The molecule has 0 aliphatic rings. The molecule has 0 fully saturated rings. The second-order valence-electron chi connectivity index (χ2n) is 5.11. The summed E-state index contributed by atoms with van der Waals surface area (Å²) >= 11 is 0. The van der Waals surface area contributed by atoms with Crippen molar-refractivity contribution in [2.45, 2.75) is 13.3 Å². The highest BCUT2D eigenvalue weighted by atomic mass is 19.1. The van der Waals surface area contributed by atoms with Gasteiger partial charge in [-0.15, -0.1) is 0 Å². The van der Waals surface area contributed by atoms with Crippen molar-refractivity contribution in [2.24, 2.45) is 0 Å². The highest BCUT2D eigenvalue weighted by Gasteiger charge is 2.07. The van der Waals surface area contributed by atoms with E-state index in [1.807, 2.05) is 0 Å². The molecule has 5 nitrogen and oxygen atoms in total. The summed E-state index contributed by atoms with van der Waals surface area (Å²) in [5.74, 6) is -2.05. The molecule has 0 radical (unpaired) electrons. The third kappa shape index (κ3) is 5.35. The highest BCUT2D eigenvalue weighted by Crippen LogP contribution is 2.16. The molecule has 0 atom stereocenters. The molecule has 126 valence electrons. The van der Waals surface area contributed by atoms with Gasteiger partial charge in [0, 0.05) is 37.3 Å². The van der Waals surface area contributed by atoms with Crippen LogP contribution >= 0.6 is 0 Å². The first-order valence-electron chi connectivity index (χ1n) is 7.30. The van der Waals surface area contributed by atoms with Crippen LogP contribution in [0.3, 0.4) is 0 Å². The molecule has 0 saturated carbocycles. The number of carbonyl (C=O) groups is 2. The molecule has 2 aromatic carbocycles. The zero-order valence-corrected chi connectivity index (χ0v) is 13.0. The summed E-state index contributed by atoms with van der Waals surface area (Å²) < 4.78 is 26.2. The molecule has 0 saturated heterocycles. The maximum atomic E-state index is 13.4. The summed E-state index contributed by atoms with van der Waals surface area (Å²) in [5.41, 5.74) is 1.41. The van der Waals surface area contributed by atoms with Crippen molar-refractivity contribution in [3.05, 3.63) is 54.1 Å². The van der Waals surface area contributed by atoms with Crippen LogP contribution in [-0.4, -0.2) is 18.4 Å². The highest BCUT2D eigenvalue weighted by molar-refractivity contribution is 5.91. The number of rotatable bonds is 6. The smallest absolute Gasteiger partial charge is 0.226 e. The van der Waals surface area contributed by atoms with E-state index >= 15 is 0 Å². The molecule has 0 aliphatic carbocycles. The van der Waals surface area contributed by atoms with Crippen LogP contribution in [0.25, 0.3) is 0 Å². The van der Waals surface area contributed by atoms with Crippen LogP contribution in [0.5, 0.6) is 0 Å². The second kappa shape index (κ2) is 8.05. The van der Waals surface area contributed by atoms with Crippen molar-refractivity contribution in [1.82, 2.24) is 0 Å². The van der Waals surface area contributed by atoms with Gasteiger partial charge < -0.3 is 16.0 Å². The van der Waals surface area contributed by atoms with Crippen LogP contribution in [-0.2, 0) is 9.59 Å². The first-order chi connectivity index (χ1) is 11.4. The van der Waals surface area contributed by atoms with Gasteiger partial charge >= 0.3 is 0 Å². The Balaban J connectivity index is 1.79. The van der Waals surface area contributed by atoms with Crippen LogP contribution in [0.1, 0.15) is 13.3 Å². The predicted octanol–water partition coefficient (Wildman–Crippen LogP) is 3.36. The van der Waals surface area contributed by atoms with E-state index in [9.17, 15) is 18.4 Å². The SMILES string of the molecule is CC(=O)Nc1ccc(NCCC(=O)Nc2ccc(F)cc2F)cc1. The molecule has 0 spiro atoms. The van der Waals surface area contributed by atoms with Crippen LogP contribution in [0.15, 0.2) is 42.5 Å². The lowest BCUT2D eigenvalue weighted by atomic mass is 10.2. The fraction of sp³-hybridized carbons (Fsp3) is 0.176. The largest absolute Gasteiger partial charge is 0.385 e. The molecule has 0 aliphatic heterocycles. The molecule has 2 aromatic rings. The van der Waals surface area contributed by atoms with Gasteiger partial charge in [-0.25, -0.2) is 8.78 Å². The standard InChI is InChI=1S/C17H17F2N3O2/c1-11(23)21-14-5-3-13(4-6-14)20-9-8-17(24)22-16-7-2-12(18)10-15(16)19/h2-7,10,20H,8-9H2,1H3,(H,21,23)(H,22,24). The Kier molecular flexibility index (Phi) is 5.83. The fourth-order valence-electron chi connectivity index (χ4n) is 2.00. The van der Waals surface area contributed by atoms with Crippen molar-refractivity contribution < 1.29 is 18.4 Å². The van der Waals surface area contributed by atoms with E-state index in [0.717, 1.165) is 11.8 Å². The summed E-state index contributed by atoms with van der Waals surface area (Å²) in [5, 5.41) is 8.07. The monoisotopic (exact) mass is 333 g/mol. The number of nitrogens with one attached hydrogen (secondary N) is 3. The normalized spacial score (nSPS) is 10.1. The molecular weight excluding hydrogens is 316 g/mol. The summed E-state index contributed by atoms with van der Waals surface area (Å²) in [6, 6.07) is 9.97. The molecule has 0 unspecified atom stereocenters. The van der Waals surface area contributed by atoms with Crippen LogP contribution in [0.4, 0.5) is 25.8 Å². The van der Waals surface area contributed by atoms with Gasteiger partial charge in [-0.05, 0) is 36.4 Å². The predicted molar refractivity (Wildman–Crippen MR) is 88.8 cm³/mol. The van der Waals surface area contributed by atoms with E-state index < -0.39 is 11.6 Å². The number of hydrogen-bond donors (Lipinski definition) is 3. The van der Waals surface area contributed by atoms with E-state index in [1.54, 1.807) is 24.3 Å². The number of halogens is 2. The van der Waals surface area contributed by atoms with Crippen LogP contribution in [0.2, 0.25) is 0 Å². The van der Waals surface area contributed by atoms with E-state index in [-0.39, 0.29) is 23.9 Å². The molecule has 0 heterocycles. The van der Waals surface area contributed by atoms with E-state index in [4.69, 9.17) is 0 Å². The van der Waals surface area contributed by atoms with Crippen LogP contribution < -0.4 is 16.0 Å². The van der Waals surface area contributed by atoms with Gasteiger partial charge in [-0.3, -0.25) is 9.59 Å². The Morgan fingerprint density at radius 2 is 1.62 bits per heavy atom. The second-order valence-corrected chi connectivity index (χ2v) is 5.11. The van der Waals surface area contributed by atoms with Crippen molar-refractivity contribution in [3.63, 3.8) is 0 Å². The van der Waals surface area contributed by atoms with Gasteiger partial charge in [-0.1, -0.05) is 0 Å². The molecule has 2 rings (SSSR count). The Labute approximate surface area is 138 Å². The Morgan fingerprint density at radius 3 is 2.25 bits per heavy atom. The molecular formula is C17H17F2N3O2. The topological polar surface area (TPSA) is 70.2 Å². The minimum Gasteiger partial charge on any atom is -0.385 e. The molecule has 24 heavy (non-hydrogen) atoms. The fourth-order valence-corrected chi connectivity index (χ4v) is 2.00. The number of carbonyl (C=O) groups excluding carboxylic acids is 2. The summed E-state index contributed by atoms with van der Waals surface area (Å²) in [6.07, 6.45) is 0.115. The average molecular weight is 333 g/mol. The lowest BCUT2D eigenvalue weighted by molar-refractivity contribution is -0.116. The zero-order chi connectivity index (χ0) is 17.5. The maximum absolute atomic E-state index is 13.4. The lowest BCUT2D eigenvalue weighted by Gasteiger charge is -2.09. The van der Waals surface area contributed by atoms with Gasteiger partial charge in [0.15, 0.2) is 0 Å². The Bertz CT molecular complexity index is 733. The summed E-state index contributed by atoms with van der Waals surface area (Å²) in [6.45, 7) is 1.77. The lowest BCUT2D eigenvalue weighted by Crippen LogP contribution is -2.17. The third-order valence-corrected chi connectivity index (χ3v) is 3.09. The third-order valence-electron chi connectivity index (χ3n) is 3.09. The van der Waals surface area contributed by atoms with Crippen molar-refractivity contribution >= 4 is 28.9 Å². The summed E-state index contributed by atoms with van der Waals surface area (Å²) in [7, 11) is 0. The van der Waals surface area contributed by atoms with Gasteiger partial charge in [0.1, 0.15) is 11.6 Å². The van der Waals surface area contributed by atoms with Gasteiger partial charge in [-0.2, -0.15) is 0 Å². The first-order valence-corrected chi connectivity index (χ1v) is 7.30. The van der Waals surface area contributed by atoms with Crippen molar-refractivity contribution in [1.29, 1.82) is 0 Å². The summed E-state index contributed by atoms with van der Waals surface area (Å²) in [4.78, 5) is 22.7. The minimum atomic E-state index is -0.815. The number of benzene rings is 2. The van der Waals surface area contributed by atoms with Crippen molar-refractivity contribution in [3.8, 4) is 0 Å². The van der Waals surface area contributed by atoms with E-state index in [2.05, 4.69) is 16.0 Å². The number of anilines is 3. The molecule has 7 heteroatoms. The molecule has 3 N–H and O–H groups in total. The van der Waals surface area contributed by atoms with E-state index in [0.29, 0.717) is 18.3 Å². The zero-order valence-electron chi connectivity index (χ0n) is 13.0. The van der Waals surface area contributed by atoms with Crippen molar-refractivity contribution in [2.75, 3.05) is 22.5 Å². The number of amides is 2. The van der Waals surface area contributed by atoms with Gasteiger partial charge in [0.25, 0.3) is 0 Å². The molecule has 0 bridgehead atoms. The maximum Gasteiger partial charge on any atom is 0.226 e. The van der Waals surface area contributed by atoms with Gasteiger partial charge in [0.2, 0.25) is 11.8 Å².